The van der Waals surface area contributed by atoms with Gasteiger partial charge in [0.15, 0.2) is 21.7 Å². The van der Waals surface area contributed by atoms with Crippen LogP contribution < -0.4 is 33.2 Å². The first-order chi connectivity index (χ1) is 17.4. The molecule has 0 spiro atoms. The third kappa shape index (κ3) is 2.37. The molecule has 8 nitrogen and oxygen atoms in total. The summed E-state index contributed by atoms with van der Waals surface area (Å²) in [7, 11) is 0. The van der Waals surface area contributed by atoms with Crippen LogP contribution in [0, 0.1) is 0 Å². The molecule has 0 aliphatic carbocycles. The average molecular weight is 470 g/mol. The Bertz CT molecular complexity index is 2200. The summed E-state index contributed by atoms with van der Waals surface area (Å²) in [5.74, 6) is 0. The lowest BCUT2D eigenvalue weighted by Crippen LogP contribution is -2.16. The van der Waals surface area contributed by atoms with Crippen LogP contribution in [-0.2, 0) is 0 Å². The van der Waals surface area contributed by atoms with Crippen molar-refractivity contribution in [1.29, 1.82) is 0 Å². The van der Waals surface area contributed by atoms with Crippen molar-refractivity contribution in [2.45, 2.75) is 0 Å². The lowest BCUT2D eigenvalue weighted by Gasteiger charge is -2.11. The van der Waals surface area contributed by atoms with Crippen molar-refractivity contribution < 1.29 is 0 Å². The van der Waals surface area contributed by atoms with E-state index in [9.17, 15) is 19.2 Å². The van der Waals surface area contributed by atoms with Gasteiger partial charge in [0.1, 0.15) is 11.0 Å². The molecular weight excluding hydrogens is 456 g/mol. The van der Waals surface area contributed by atoms with Crippen molar-refractivity contribution in [1.82, 2.24) is 9.97 Å². The van der Waals surface area contributed by atoms with Crippen LogP contribution in [0.1, 0.15) is 0 Å². The first-order valence-corrected chi connectivity index (χ1v) is 11.1. The van der Waals surface area contributed by atoms with Gasteiger partial charge in [0.2, 0.25) is 0 Å². The molecule has 0 radical (unpaired) electrons. The van der Waals surface area contributed by atoms with Crippen LogP contribution in [0.2, 0.25) is 0 Å². The molecule has 0 amide bonds. The maximum Gasteiger partial charge on any atom is 0.196 e. The van der Waals surface area contributed by atoms with E-state index >= 15 is 0 Å². The highest BCUT2D eigenvalue weighted by molar-refractivity contribution is 6.18. The summed E-state index contributed by atoms with van der Waals surface area (Å²) in [5.41, 5.74) is 11.9. The summed E-state index contributed by atoms with van der Waals surface area (Å²) in [6.07, 6.45) is 0. The van der Waals surface area contributed by atoms with E-state index in [4.69, 9.17) is 11.5 Å². The molecule has 0 aliphatic rings. The molecule has 0 atom stereocenters. The Morgan fingerprint density at radius 1 is 0.472 bits per heavy atom. The minimum Gasteiger partial charge on any atom is -0.398 e. The molecule has 6 aromatic carbocycles. The summed E-state index contributed by atoms with van der Waals surface area (Å²) in [6, 6.07) is 16.0. The zero-order valence-corrected chi connectivity index (χ0v) is 18.5. The van der Waals surface area contributed by atoms with Crippen molar-refractivity contribution in [2.24, 2.45) is 0 Å². The van der Waals surface area contributed by atoms with Crippen LogP contribution in [0.15, 0.2) is 79.8 Å². The average Bonchev–Trinajstić information content (AvgIpc) is 2.88. The Balaban J connectivity index is 1.77. The van der Waals surface area contributed by atoms with E-state index in [-0.39, 0.29) is 87.4 Å². The highest BCUT2D eigenvalue weighted by Crippen LogP contribution is 2.31. The Labute approximate surface area is 199 Å². The monoisotopic (exact) mass is 470 g/mol. The van der Waals surface area contributed by atoms with E-state index < -0.39 is 10.9 Å². The highest BCUT2D eigenvalue weighted by atomic mass is 16.1. The Morgan fingerprint density at radius 3 is 1.11 bits per heavy atom. The topological polar surface area (TPSA) is 146 Å². The van der Waals surface area contributed by atoms with Gasteiger partial charge in [-0.05, 0) is 12.1 Å². The van der Waals surface area contributed by atoms with E-state index in [1.54, 1.807) is 48.5 Å². The summed E-state index contributed by atoms with van der Waals surface area (Å²) in [5, 5.41) is 1.33. The van der Waals surface area contributed by atoms with Crippen molar-refractivity contribution >= 4 is 76.5 Å². The molecule has 0 fully saturated rings. The van der Waals surface area contributed by atoms with E-state index in [0.717, 1.165) is 0 Å². The molecule has 7 rings (SSSR count). The number of nitrogen functional groups attached to an aromatic ring is 2. The van der Waals surface area contributed by atoms with Crippen LogP contribution in [0.4, 0.5) is 11.4 Å². The Hall–Kier alpha value is -5.24. The fourth-order valence-electron chi connectivity index (χ4n) is 5.22. The normalized spacial score (nSPS) is 12.0. The molecule has 0 saturated heterocycles. The minimum atomic E-state index is -0.391. The minimum absolute atomic E-state index is 0.0622. The van der Waals surface area contributed by atoms with E-state index in [0.29, 0.717) is 0 Å². The number of fused-ring (bicyclic) bond motifs is 8. The van der Waals surface area contributed by atoms with Crippen LogP contribution in [0.3, 0.4) is 0 Å². The van der Waals surface area contributed by atoms with Crippen molar-refractivity contribution in [2.75, 3.05) is 11.5 Å². The molecule has 8 heteroatoms. The van der Waals surface area contributed by atoms with Crippen molar-refractivity contribution in [3.8, 4) is 0 Å². The molecule has 0 unspecified atom stereocenters. The lowest BCUT2D eigenvalue weighted by molar-refractivity contribution is 1.41. The smallest absolute Gasteiger partial charge is 0.196 e. The largest absolute Gasteiger partial charge is 0.398 e. The second-order valence-electron chi connectivity index (χ2n) is 8.80. The van der Waals surface area contributed by atoms with Crippen molar-refractivity contribution in [3.05, 3.63) is 102 Å². The second-order valence-corrected chi connectivity index (χ2v) is 8.80. The van der Waals surface area contributed by atoms with Crippen LogP contribution in [0.25, 0.3) is 65.2 Å². The van der Waals surface area contributed by atoms with Gasteiger partial charge in [-0.1, -0.05) is 48.5 Å². The molecule has 4 N–H and O–H groups in total. The van der Waals surface area contributed by atoms with Gasteiger partial charge in [0.25, 0.3) is 0 Å². The van der Waals surface area contributed by atoms with Crippen LogP contribution in [-0.4, -0.2) is 9.97 Å². The van der Waals surface area contributed by atoms with Gasteiger partial charge < -0.3 is 11.5 Å². The quantitative estimate of drug-likeness (QED) is 0.195. The van der Waals surface area contributed by atoms with Crippen LogP contribution >= 0.6 is 0 Å². The van der Waals surface area contributed by atoms with Gasteiger partial charge in [-0.15, -0.1) is 0 Å². The molecule has 170 valence electrons. The van der Waals surface area contributed by atoms with Gasteiger partial charge in [0, 0.05) is 32.9 Å². The van der Waals surface area contributed by atoms with Gasteiger partial charge in [0.05, 0.1) is 32.6 Å². The molecule has 36 heavy (non-hydrogen) atoms. The zero-order valence-electron chi connectivity index (χ0n) is 18.5. The van der Waals surface area contributed by atoms with E-state index in [1.165, 1.54) is 12.1 Å². The van der Waals surface area contributed by atoms with Gasteiger partial charge in [-0.3, -0.25) is 19.2 Å². The van der Waals surface area contributed by atoms with Gasteiger partial charge in [-0.2, -0.15) is 0 Å². The zero-order chi connectivity index (χ0) is 24.9. The third-order valence-electron chi connectivity index (χ3n) is 6.83. The Morgan fingerprint density at radius 2 is 0.778 bits per heavy atom. The fraction of sp³-hybridized carbons (Fsp3) is 0. The maximum absolute atomic E-state index is 13.5. The molecule has 0 bridgehead atoms. The third-order valence-corrected chi connectivity index (χ3v) is 6.83. The van der Waals surface area contributed by atoms with Crippen LogP contribution in [0.5, 0.6) is 0 Å². The summed E-state index contributed by atoms with van der Waals surface area (Å²) in [4.78, 5) is 62.7. The number of aromatic nitrogens is 2. The maximum atomic E-state index is 13.5. The SMILES string of the molecule is Nc1cc2nc3c(cc(N)c4c(=O)c5ccccc5c(=O)c43)nc2c2c(=O)c3ccccc3c(=O)c12. The highest BCUT2D eigenvalue weighted by Gasteiger charge is 2.21. The molecular formula is C28H14N4O4. The summed E-state index contributed by atoms with van der Waals surface area (Å²) in [6.45, 7) is 0. The van der Waals surface area contributed by atoms with Gasteiger partial charge in [-0.25, -0.2) is 9.97 Å². The first kappa shape index (κ1) is 20.2. The predicted octanol–water partition coefficient (Wildman–Crippen LogP) is 2.88. The number of rotatable bonds is 0. The number of anilines is 2. The standard InChI is InChI=1S/C28H14N4O4/c29-15-9-17-23(21-19(15)25(33)11-5-1-3-7-13(11)27(21)35)31-18-10-16(30)20-22(24(18)32-17)28(36)14-8-4-2-6-12(14)26(20)34/h1-10H,29-30H2. The first-order valence-electron chi connectivity index (χ1n) is 11.1. The second kappa shape index (κ2) is 6.67. The fourth-order valence-corrected chi connectivity index (χ4v) is 5.22. The number of hydrogen-bond donors (Lipinski definition) is 2. The van der Waals surface area contributed by atoms with Gasteiger partial charge >= 0.3 is 0 Å². The molecule has 1 aromatic heterocycles. The number of hydrogen-bond acceptors (Lipinski definition) is 8. The van der Waals surface area contributed by atoms with E-state index in [1.807, 2.05) is 0 Å². The molecule has 7 aromatic rings. The summed E-state index contributed by atoms with van der Waals surface area (Å²) < 4.78 is 0. The predicted molar refractivity (Wildman–Crippen MR) is 143 cm³/mol. The number of nitrogens with two attached hydrogens (primary N) is 2. The molecule has 1 heterocycles. The lowest BCUT2D eigenvalue weighted by atomic mass is 9.98. The summed E-state index contributed by atoms with van der Waals surface area (Å²) >= 11 is 0. The van der Waals surface area contributed by atoms with Crippen molar-refractivity contribution in [3.63, 3.8) is 0 Å². The number of benzene rings is 6. The number of nitrogens with zero attached hydrogens (tertiary/aromatic N) is 2. The molecule has 0 saturated carbocycles. The Kier molecular flexibility index (Phi) is 3.73. The molecule has 0 aliphatic heterocycles. The van der Waals surface area contributed by atoms with E-state index in [2.05, 4.69) is 9.97 Å².